The zero-order valence-corrected chi connectivity index (χ0v) is 16.3. The number of nitrogens with one attached hydrogen (secondary N) is 2. The van der Waals surface area contributed by atoms with E-state index in [1.54, 1.807) is 25.1 Å². The first-order valence-electron chi connectivity index (χ1n) is 9.34. The lowest BCUT2D eigenvalue weighted by Gasteiger charge is -2.12. The van der Waals surface area contributed by atoms with Crippen LogP contribution in [0.3, 0.4) is 0 Å². The summed E-state index contributed by atoms with van der Waals surface area (Å²) in [6.07, 6.45) is 1.00. The van der Waals surface area contributed by atoms with Crippen molar-refractivity contribution in [1.29, 1.82) is 0 Å². The second-order valence-corrected chi connectivity index (χ2v) is 6.28. The molecule has 3 aromatic rings. The van der Waals surface area contributed by atoms with E-state index in [9.17, 15) is 4.79 Å². The van der Waals surface area contributed by atoms with Gasteiger partial charge in [0.15, 0.2) is 0 Å². The van der Waals surface area contributed by atoms with Crippen LogP contribution in [0.15, 0.2) is 54.6 Å². The highest BCUT2D eigenvalue weighted by molar-refractivity contribution is 5.96. The van der Waals surface area contributed by atoms with Crippen molar-refractivity contribution in [2.24, 2.45) is 0 Å². The van der Waals surface area contributed by atoms with Crippen LogP contribution in [0.25, 0.3) is 0 Å². The van der Waals surface area contributed by atoms with E-state index < -0.39 is 0 Å². The summed E-state index contributed by atoms with van der Waals surface area (Å²) < 4.78 is 5.12. The quantitative estimate of drug-likeness (QED) is 0.565. The van der Waals surface area contributed by atoms with E-state index in [0.717, 1.165) is 17.8 Å². The molecular formula is C22H24N4O2. The van der Waals surface area contributed by atoms with Gasteiger partial charge in [0, 0.05) is 17.4 Å². The molecule has 6 heteroatoms. The van der Waals surface area contributed by atoms with Crippen molar-refractivity contribution in [2.45, 2.75) is 27.2 Å². The van der Waals surface area contributed by atoms with Crippen LogP contribution in [0.1, 0.15) is 35.5 Å². The first-order chi connectivity index (χ1) is 13.6. The predicted molar refractivity (Wildman–Crippen MR) is 112 cm³/mol. The van der Waals surface area contributed by atoms with E-state index in [0.29, 0.717) is 29.6 Å². The van der Waals surface area contributed by atoms with Crippen LogP contribution in [0.4, 0.5) is 23.1 Å². The number of nitrogens with zero attached hydrogens (tertiary/aromatic N) is 2. The lowest BCUT2D eigenvalue weighted by Crippen LogP contribution is -2.09. The number of hydrogen-bond acceptors (Lipinski definition) is 6. The molecule has 0 amide bonds. The van der Waals surface area contributed by atoms with Crippen LogP contribution in [-0.4, -0.2) is 22.5 Å². The second-order valence-electron chi connectivity index (χ2n) is 6.28. The molecule has 1 aromatic heterocycles. The Kier molecular flexibility index (Phi) is 6.22. The summed E-state index contributed by atoms with van der Waals surface area (Å²) in [4.78, 5) is 21.1. The first kappa shape index (κ1) is 19.4. The molecule has 0 radical (unpaired) electrons. The molecule has 2 N–H and O–H groups in total. The summed E-state index contributed by atoms with van der Waals surface area (Å²) in [6.45, 7) is 6.12. The highest BCUT2D eigenvalue weighted by atomic mass is 16.5. The fourth-order valence-electron chi connectivity index (χ4n) is 2.76. The van der Waals surface area contributed by atoms with E-state index in [2.05, 4.69) is 39.7 Å². The molecule has 6 nitrogen and oxygen atoms in total. The minimum atomic E-state index is -0.382. The molecule has 2 aromatic carbocycles. The number of anilines is 4. The van der Waals surface area contributed by atoms with Crippen molar-refractivity contribution in [1.82, 2.24) is 9.97 Å². The number of aromatic nitrogens is 2. The summed E-state index contributed by atoms with van der Waals surface area (Å²) in [7, 11) is 0. The Hall–Kier alpha value is -3.41. The number of carbonyl (C=O) groups is 1. The number of benzene rings is 2. The predicted octanol–water partition coefficient (Wildman–Crippen LogP) is 5.01. The Bertz CT molecular complexity index is 955. The molecule has 0 bridgehead atoms. The van der Waals surface area contributed by atoms with Crippen LogP contribution in [0, 0.1) is 6.92 Å². The summed E-state index contributed by atoms with van der Waals surface area (Å²) in [5, 5.41) is 6.43. The van der Waals surface area contributed by atoms with Crippen molar-refractivity contribution >= 4 is 29.1 Å². The van der Waals surface area contributed by atoms with Gasteiger partial charge in [-0.2, -0.15) is 4.98 Å². The highest BCUT2D eigenvalue weighted by Gasteiger charge is 2.13. The Balaban J connectivity index is 1.83. The van der Waals surface area contributed by atoms with Crippen LogP contribution < -0.4 is 10.6 Å². The normalized spacial score (nSPS) is 10.4. The van der Waals surface area contributed by atoms with Gasteiger partial charge in [-0.15, -0.1) is 0 Å². The zero-order chi connectivity index (χ0) is 19.9. The maximum atomic E-state index is 12.2. The number of para-hydroxylation sites is 1. The van der Waals surface area contributed by atoms with Gasteiger partial charge in [0.25, 0.3) is 0 Å². The highest BCUT2D eigenvalue weighted by Crippen LogP contribution is 2.22. The Morgan fingerprint density at radius 2 is 1.75 bits per heavy atom. The third kappa shape index (κ3) is 4.85. The molecule has 0 aliphatic rings. The standard InChI is InChI=1S/C22H24N4O2/c1-4-16-10-12-17(13-11-16)24-20-14-15(3)23-22(26-20)25-19-9-7-6-8-18(19)21(27)28-5-2/h6-14H,4-5H2,1-3H3,(H2,23,24,25,26). The minimum absolute atomic E-state index is 0.318. The van der Waals surface area contributed by atoms with E-state index in [4.69, 9.17) is 4.74 Å². The van der Waals surface area contributed by atoms with Crippen molar-refractivity contribution in [3.8, 4) is 0 Å². The van der Waals surface area contributed by atoms with Crippen LogP contribution in [0.5, 0.6) is 0 Å². The van der Waals surface area contributed by atoms with Gasteiger partial charge in [-0.05, 0) is 50.1 Å². The monoisotopic (exact) mass is 376 g/mol. The summed E-state index contributed by atoms with van der Waals surface area (Å²) in [6, 6.07) is 17.3. The smallest absolute Gasteiger partial charge is 0.340 e. The van der Waals surface area contributed by atoms with Crippen molar-refractivity contribution in [3.05, 3.63) is 71.4 Å². The molecule has 3 rings (SSSR count). The maximum absolute atomic E-state index is 12.2. The Morgan fingerprint density at radius 3 is 2.46 bits per heavy atom. The topological polar surface area (TPSA) is 76.1 Å². The molecular weight excluding hydrogens is 352 g/mol. The zero-order valence-electron chi connectivity index (χ0n) is 16.3. The van der Waals surface area contributed by atoms with E-state index in [1.807, 2.05) is 31.2 Å². The third-order valence-corrected chi connectivity index (χ3v) is 4.16. The third-order valence-electron chi connectivity index (χ3n) is 4.16. The minimum Gasteiger partial charge on any atom is -0.462 e. The van der Waals surface area contributed by atoms with E-state index >= 15 is 0 Å². The summed E-state index contributed by atoms with van der Waals surface area (Å²) >= 11 is 0. The molecule has 28 heavy (non-hydrogen) atoms. The lowest BCUT2D eigenvalue weighted by atomic mass is 10.1. The van der Waals surface area contributed by atoms with Crippen molar-refractivity contribution in [3.63, 3.8) is 0 Å². The number of rotatable bonds is 7. The molecule has 0 spiro atoms. The van der Waals surface area contributed by atoms with Gasteiger partial charge in [-0.25, -0.2) is 9.78 Å². The van der Waals surface area contributed by atoms with Gasteiger partial charge in [-0.3, -0.25) is 0 Å². The molecule has 144 valence electrons. The number of aryl methyl sites for hydroxylation is 2. The van der Waals surface area contributed by atoms with Crippen LogP contribution >= 0.6 is 0 Å². The summed E-state index contributed by atoms with van der Waals surface area (Å²) in [5.74, 6) is 0.699. The van der Waals surface area contributed by atoms with Gasteiger partial charge in [0.2, 0.25) is 5.95 Å². The number of esters is 1. The largest absolute Gasteiger partial charge is 0.462 e. The summed E-state index contributed by atoms with van der Waals surface area (Å²) in [5.41, 5.74) is 4.08. The molecule has 0 fully saturated rings. The van der Waals surface area contributed by atoms with Crippen LogP contribution in [-0.2, 0) is 11.2 Å². The van der Waals surface area contributed by atoms with Crippen LogP contribution in [0.2, 0.25) is 0 Å². The van der Waals surface area contributed by atoms with E-state index in [1.165, 1.54) is 5.56 Å². The van der Waals surface area contributed by atoms with Gasteiger partial charge in [0.1, 0.15) is 5.82 Å². The number of ether oxygens (including phenoxy) is 1. The fraction of sp³-hybridized carbons (Fsp3) is 0.227. The molecule has 0 unspecified atom stereocenters. The molecule has 0 aliphatic heterocycles. The number of carbonyl (C=O) groups excluding carboxylic acids is 1. The number of hydrogen-bond donors (Lipinski definition) is 2. The molecule has 0 aliphatic carbocycles. The van der Waals surface area contributed by atoms with Gasteiger partial charge in [-0.1, -0.05) is 31.2 Å². The van der Waals surface area contributed by atoms with Gasteiger partial charge >= 0.3 is 5.97 Å². The average Bonchev–Trinajstić information content (AvgIpc) is 2.69. The Labute approximate surface area is 165 Å². The van der Waals surface area contributed by atoms with E-state index in [-0.39, 0.29) is 5.97 Å². The van der Waals surface area contributed by atoms with Crippen molar-refractivity contribution in [2.75, 3.05) is 17.2 Å². The van der Waals surface area contributed by atoms with Crippen molar-refractivity contribution < 1.29 is 9.53 Å². The fourth-order valence-corrected chi connectivity index (χ4v) is 2.76. The average molecular weight is 376 g/mol. The second kappa shape index (κ2) is 8.99. The first-order valence-corrected chi connectivity index (χ1v) is 9.34. The molecule has 0 saturated carbocycles. The molecule has 0 saturated heterocycles. The molecule has 1 heterocycles. The van der Waals surface area contributed by atoms with Gasteiger partial charge in [0.05, 0.1) is 17.9 Å². The Morgan fingerprint density at radius 1 is 1.00 bits per heavy atom. The van der Waals surface area contributed by atoms with Gasteiger partial charge < -0.3 is 15.4 Å². The maximum Gasteiger partial charge on any atom is 0.340 e. The SMILES string of the molecule is CCOC(=O)c1ccccc1Nc1nc(C)cc(Nc2ccc(CC)cc2)n1. The lowest BCUT2D eigenvalue weighted by molar-refractivity contribution is 0.0527. The molecule has 0 atom stereocenters.